The van der Waals surface area contributed by atoms with Gasteiger partial charge in [-0.15, -0.1) is 0 Å². The number of aliphatic hydroxyl groups excluding tert-OH is 9. The molecule has 4 heterocycles. The maximum absolute atomic E-state index is 14.2. The normalized spacial score (nSPS) is 37.8. The van der Waals surface area contributed by atoms with Crippen molar-refractivity contribution in [2.45, 2.75) is 106 Å². The number of aromatic hydroxyl groups is 3. The first-order chi connectivity index (χ1) is 25.0. The van der Waals surface area contributed by atoms with E-state index < -0.39 is 138 Å². The molecule has 3 saturated heterocycles. The average molecular weight is 757 g/mol. The summed E-state index contributed by atoms with van der Waals surface area (Å²) in [5, 5.41) is 124. The van der Waals surface area contributed by atoms with Crippen molar-refractivity contribution in [2.24, 2.45) is 0 Å². The molecule has 0 bridgehead atoms. The van der Waals surface area contributed by atoms with Crippen LogP contribution in [-0.2, 0) is 18.9 Å². The van der Waals surface area contributed by atoms with Crippen molar-refractivity contribution in [3.63, 3.8) is 0 Å². The van der Waals surface area contributed by atoms with Crippen LogP contribution in [0.4, 0.5) is 0 Å². The lowest BCUT2D eigenvalue weighted by atomic mass is 9.97. The van der Waals surface area contributed by atoms with Crippen LogP contribution in [-0.4, -0.2) is 160 Å². The molecular formula is C33H40O20. The van der Waals surface area contributed by atoms with Crippen molar-refractivity contribution in [2.75, 3.05) is 6.61 Å². The van der Waals surface area contributed by atoms with E-state index in [1.165, 1.54) is 19.9 Å². The third kappa shape index (κ3) is 7.22. The minimum atomic E-state index is -1.97. The van der Waals surface area contributed by atoms with Gasteiger partial charge in [-0.2, -0.15) is 0 Å². The van der Waals surface area contributed by atoms with Crippen LogP contribution in [0.2, 0.25) is 0 Å². The van der Waals surface area contributed by atoms with Gasteiger partial charge in [-0.3, -0.25) is 4.79 Å². The fourth-order valence-corrected chi connectivity index (χ4v) is 6.23. The van der Waals surface area contributed by atoms with Gasteiger partial charge in [0.15, 0.2) is 29.7 Å². The van der Waals surface area contributed by atoms with Crippen molar-refractivity contribution in [3.05, 3.63) is 40.6 Å². The Bertz CT molecular complexity index is 1830. The molecule has 20 heteroatoms. The predicted octanol–water partition coefficient (Wildman–Crippen LogP) is -3.19. The summed E-state index contributed by atoms with van der Waals surface area (Å²) in [6, 6.07) is 5.29. The van der Waals surface area contributed by atoms with E-state index >= 15 is 0 Å². The van der Waals surface area contributed by atoms with Crippen molar-refractivity contribution < 1.29 is 94.1 Å². The van der Waals surface area contributed by atoms with E-state index in [-0.39, 0.29) is 16.9 Å². The second-order valence-electron chi connectivity index (χ2n) is 13.0. The summed E-state index contributed by atoms with van der Waals surface area (Å²) in [7, 11) is 0. The van der Waals surface area contributed by atoms with Gasteiger partial charge in [-0.1, -0.05) is 0 Å². The number of ether oxygens (including phenoxy) is 6. The van der Waals surface area contributed by atoms with Crippen LogP contribution < -0.4 is 14.9 Å². The molecule has 3 aromatic rings. The lowest BCUT2D eigenvalue weighted by Crippen LogP contribution is -2.64. The molecule has 15 atom stereocenters. The largest absolute Gasteiger partial charge is 0.507 e. The van der Waals surface area contributed by atoms with E-state index in [0.29, 0.717) is 0 Å². The molecule has 3 aliphatic heterocycles. The number of aliphatic hydroxyl groups is 9. The fourth-order valence-electron chi connectivity index (χ4n) is 6.23. The second kappa shape index (κ2) is 15.1. The van der Waals surface area contributed by atoms with Gasteiger partial charge in [0.25, 0.3) is 0 Å². The highest BCUT2D eigenvalue weighted by molar-refractivity contribution is 5.88. The van der Waals surface area contributed by atoms with Gasteiger partial charge in [0.05, 0.1) is 18.8 Å². The van der Waals surface area contributed by atoms with Crippen molar-refractivity contribution >= 4 is 11.0 Å². The summed E-state index contributed by atoms with van der Waals surface area (Å²) in [6.45, 7) is 1.90. The van der Waals surface area contributed by atoms with Crippen LogP contribution in [0, 0.1) is 0 Å². The Hall–Kier alpha value is -3.87. The predicted molar refractivity (Wildman–Crippen MR) is 172 cm³/mol. The number of hydrogen-bond donors (Lipinski definition) is 12. The molecule has 1 aromatic heterocycles. The molecule has 3 fully saturated rings. The molecule has 2 aromatic carbocycles. The summed E-state index contributed by atoms with van der Waals surface area (Å²) >= 11 is 0. The third-order valence-electron chi connectivity index (χ3n) is 9.36. The third-order valence-corrected chi connectivity index (χ3v) is 9.36. The summed E-state index contributed by atoms with van der Waals surface area (Å²) in [5.74, 6) is -3.49. The first kappa shape index (κ1) is 38.8. The molecule has 292 valence electrons. The lowest BCUT2D eigenvalue weighted by Gasteiger charge is -2.45. The zero-order valence-corrected chi connectivity index (χ0v) is 27.9. The van der Waals surface area contributed by atoms with E-state index in [2.05, 4.69) is 0 Å². The monoisotopic (exact) mass is 756 g/mol. The number of benzene rings is 2. The van der Waals surface area contributed by atoms with Crippen molar-refractivity contribution in [3.8, 4) is 40.1 Å². The Morgan fingerprint density at radius 1 is 0.642 bits per heavy atom. The molecule has 0 radical (unpaired) electrons. The number of fused-ring (bicyclic) bond motifs is 1. The first-order valence-electron chi connectivity index (χ1n) is 16.4. The molecule has 53 heavy (non-hydrogen) atoms. The minimum absolute atomic E-state index is 0.110. The van der Waals surface area contributed by atoms with E-state index in [9.17, 15) is 66.1 Å². The molecule has 20 nitrogen and oxygen atoms in total. The van der Waals surface area contributed by atoms with Gasteiger partial charge in [0, 0.05) is 17.7 Å². The topological polar surface area (TPSA) is 328 Å². The highest BCUT2D eigenvalue weighted by Crippen LogP contribution is 2.40. The highest BCUT2D eigenvalue weighted by atomic mass is 16.8. The Morgan fingerprint density at radius 3 is 1.89 bits per heavy atom. The molecule has 6 rings (SSSR count). The Kier molecular flexibility index (Phi) is 11.1. The van der Waals surface area contributed by atoms with Gasteiger partial charge in [-0.05, 0) is 32.0 Å². The van der Waals surface area contributed by atoms with Crippen LogP contribution >= 0.6 is 0 Å². The first-order valence-corrected chi connectivity index (χ1v) is 16.4. The molecular weight excluding hydrogens is 716 g/mol. The molecule has 3 aliphatic rings. The van der Waals surface area contributed by atoms with Crippen LogP contribution in [0.3, 0.4) is 0 Å². The summed E-state index contributed by atoms with van der Waals surface area (Å²) < 4.78 is 39.9. The summed E-state index contributed by atoms with van der Waals surface area (Å²) in [6.07, 6.45) is -24.6. The lowest BCUT2D eigenvalue weighted by molar-refractivity contribution is -0.354. The van der Waals surface area contributed by atoms with E-state index in [4.69, 9.17) is 32.8 Å². The standard InChI is InChI=1S/C33H40O20/c1-9-19(38)23(42)26(45)31(47-9)49-12-6-15(37)18-16(7-12)50-28(11-3-4-13(35)14(36)5-11)29(22(18)41)52-33-30(25(44)21(40)17(8-34)51-33)53-32-27(46)24(43)20(39)10(2)48-32/h3-7,9-10,17,19-21,23-27,30-40,42-46H,8H2,1-2H3/t9-,10-,17+,19-,20-,21+,23+,24+,25-,26+,27+,30+,31-,32-,33-/m0/s1. The van der Waals surface area contributed by atoms with Crippen LogP contribution in [0.25, 0.3) is 22.3 Å². The maximum atomic E-state index is 14.2. The molecule has 0 amide bonds. The number of phenols is 3. The number of hydrogen-bond acceptors (Lipinski definition) is 20. The van der Waals surface area contributed by atoms with Gasteiger partial charge in [0.2, 0.25) is 23.8 Å². The quantitative estimate of drug-likeness (QED) is 0.101. The van der Waals surface area contributed by atoms with Crippen LogP contribution in [0.15, 0.2) is 39.5 Å². The Morgan fingerprint density at radius 2 is 1.26 bits per heavy atom. The van der Waals surface area contributed by atoms with Crippen molar-refractivity contribution in [1.29, 1.82) is 0 Å². The zero-order valence-electron chi connectivity index (χ0n) is 27.9. The van der Waals surface area contributed by atoms with E-state index in [1.807, 2.05) is 0 Å². The second-order valence-corrected chi connectivity index (χ2v) is 13.0. The van der Waals surface area contributed by atoms with E-state index in [0.717, 1.165) is 24.3 Å². The summed E-state index contributed by atoms with van der Waals surface area (Å²) in [5.41, 5.74) is -1.59. The van der Waals surface area contributed by atoms with Gasteiger partial charge < -0.3 is 94.1 Å². The van der Waals surface area contributed by atoms with Crippen LogP contribution in [0.5, 0.6) is 28.7 Å². The van der Waals surface area contributed by atoms with Gasteiger partial charge in [0.1, 0.15) is 77.4 Å². The van der Waals surface area contributed by atoms with Crippen LogP contribution in [0.1, 0.15) is 13.8 Å². The minimum Gasteiger partial charge on any atom is -0.507 e. The van der Waals surface area contributed by atoms with Gasteiger partial charge in [-0.25, -0.2) is 0 Å². The number of phenolic OH excluding ortho intramolecular Hbond substituents is 3. The maximum Gasteiger partial charge on any atom is 0.239 e. The highest BCUT2D eigenvalue weighted by Gasteiger charge is 2.51. The molecule has 0 unspecified atom stereocenters. The molecule has 12 N–H and O–H groups in total. The van der Waals surface area contributed by atoms with E-state index in [1.54, 1.807) is 0 Å². The zero-order chi connectivity index (χ0) is 38.6. The fraction of sp³-hybridized carbons (Fsp3) is 0.545. The molecule has 0 saturated carbocycles. The SMILES string of the molecule is C[C@@H]1O[C@@H](Oc2cc(O)c3c(=O)c(O[C@@H]4O[C@H](CO)[C@@H](O)[C@H](O)[C@H]4O[C@@H]4O[C@@H](C)[C@H](O)[C@@H](O)[C@H]4O)c(-c4ccc(O)c(O)c4)oc3c2)[C@H](O)[C@H](O)[C@H]1O. The smallest absolute Gasteiger partial charge is 0.239 e. The van der Waals surface area contributed by atoms with Gasteiger partial charge >= 0.3 is 0 Å². The summed E-state index contributed by atoms with van der Waals surface area (Å²) in [4.78, 5) is 14.2. The number of rotatable bonds is 8. The average Bonchev–Trinajstić information content (AvgIpc) is 3.12. The Labute approximate surface area is 298 Å². The molecule has 0 spiro atoms. The van der Waals surface area contributed by atoms with Crippen molar-refractivity contribution in [1.82, 2.24) is 0 Å². The Balaban J connectivity index is 1.43. The molecule has 0 aliphatic carbocycles.